The molecule has 4 aromatic carbocycles. The van der Waals surface area contributed by atoms with Crippen LogP contribution in [-0.4, -0.2) is 0 Å². The zero-order valence-electron chi connectivity index (χ0n) is 14.9. The van der Waals surface area contributed by atoms with Crippen LogP contribution in [-0.2, 0) is 0 Å². The minimum Gasteiger partial charge on any atom is -0.354 e. The number of nitrogens with one attached hydrogen (secondary N) is 2. The molecule has 0 aromatic heterocycles. The third-order valence-electron chi connectivity index (χ3n) is 5.05. The number of anilines is 4. The third kappa shape index (κ3) is 2.68. The second-order valence-corrected chi connectivity index (χ2v) is 9.04. The van der Waals surface area contributed by atoms with Gasteiger partial charge in [-0.2, -0.15) is 0 Å². The molecule has 4 heteroatoms. The van der Waals surface area contributed by atoms with E-state index >= 15 is 0 Å². The van der Waals surface area contributed by atoms with Crippen LogP contribution < -0.4 is 10.6 Å². The van der Waals surface area contributed by atoms with E-state index in [0.717, 1.165) is 0 Å². The fraction of sp³-hybridized carbons (Fsp3) is 0. The summed E-state index contributed by atoms with van der Waals surface area (Å²) in [5.74, 6) is 0. The molecule has 28 heavy (non-hydrogen) atoms. The Morgan fingerprint density at radius 3 is 1.39 bits per heavy atom. The second kappa shape index (κ2) is 6.36. The minimum atomic E-state index is 1.20. The zero-order valence-corrected chi connectivity index (χ0v) is 16.5. The molecule has 0 fully saturated rings. The first-order chi connectivity index (χ1) is 13.8. The molecule has 3 aliphatic rings. The van der Waals surface area contributed by atoms with Crippen LogP contribution in [0, 0.1) is 0 Å². The molecule has 3 aliphatic heterocycles. The van der Waals surface area contributed by atoms with E-state index in [-0.39, 0.29) is 0 Å². The van der Waals surface area contributed by atoms with E-state index in [0.29, 0.717) is 0 Å². The first-order valence-electron chi connectivity index (χ1n) is 9.20. The lowest BCUT2D eigenvalue weighted by Gasteiger charge is -2.19. The van der Waals surface area contributed by atoms with Gasteiger partial charge in [0, 0.05) is 19.6 Å². The van der Waals surface area contributed by atoms with E-state index in [1.54, 1.807) is 0 Å². The van der Waals surface area contributed by atoms with Crippen LogP contribution in [0.1, 0.15) is 0 Å². The number of hydrogen-bond donors (Lipinski definition) is 2. The van der Waals surface area contributed by atoms with E-state index < -0.39 is 0 Å². The Bertz CT molecular complexity index is 1100. The summed E-state index contributed by atoms with van der Waals surface area (Å²) >= 11 is 3.68. The van der Waals surface area contributed by atoms with E-state index in [9.17, 15) is 0 Å². The number of para-hydroxylation sites is 2. The molecule has 7 rings (SSSR count). The molecule has 0 saturated heterocycles. The van der Waals surface area contributed by atoms with Crippen molar-refractivity contribution < 1.29 is 0 Å². The van der Waals surface area contributed by atoms with Crippen molar-refractivity contribution in [3.63, 3.8) is 0 Å². The minimum absolute atomic E-state index is 1.20. The molecular weight excluding hydrogens is 380 g/mol. The van der Waals surface area contributed by atoms with Crippen LogP contribution in [0.2, 0.25) is 0 Å². The lowest BCUT2D eigenvalue weighted by Crippen LogP contribution is -1.98. The van der Waals surface area contributed by atoms with Gasteiger partial charge in [-0.1, -0.05) is 59.9 Å². The Morgan fingerprint density at radius 1 is 0.429 bits per heavy atom. The smallest absolute Gasteiger partial charge is 0.0526 e. The van der Waals surface area contributed by atoms with E-state index in [2.05, 4.69) is 95.6 Å². The topological polar surface area (TPSA) is 24.1 Å². The van der Waals surface area contributed by atoms with Gasteiger partial charge in [0.05, 0.1) is 22.7 Å². The van der Waals surface area contributed by atoms with Crippen LogP contribution in [0.5, 0.6) is 0 Å². The van der Waals surface area contributed by atoms with Gasteiger partial charge in [-0.15, -0.1) is 0 Å². The van der Waals surface area contributed by atoms with Crippen LogP contribution in [0.4, 0.5) is 22.7 Å². The summed E-state index contributed by atoms with van der Waals surface area (Å²) in [6.45, 7) is 0. The lowest BCUT2D eigenvalue weighted by molar-refractivity contribution is 1.32. The average molecular weight is 397 g/mol. The lowest BCUT2D eigenvalue weighted by atomic mass is 10.1. The predicted molar refractivity (Wildman–Crippen MR) is 120 cm³/mol. The predicted octanol–water partition coefficient (Wildman–Crippen LogP) is 7.77. The Balaban J connectivity index is 0.000000111. The first kappa shape index (κ1) is 16.2. The van der Waals surface area contributed by atoms with Crippen molar-refractivity contribution in [3.8, 4) is 11.1 Å². The molecule has 2 N–H and O–H groups in total. The van der Waals surface area contributed by atoms with Crippen molar-refractivity contribution in [2.45, 2.75) is 19.6 Å². The summed E-state index contributed by atoms with van der Waals surface area (Å²) in [6.07, 6.45) is 0. The second-order valence-electron chi connectivity index (χ2n) is 6.87. The summed E-state index contributed by atoms with van der Waals surface area (Å²) in [4.78, 5) is 5.28. The molecule has 0 amide bonds. The number of rotatable bonds is 0. The fourth-order valence-electron chi connectivity index (χ4n) is 3.62. The number of benzene rings is 4. The van der Waals surface area contributed by atoms with Gasteiger partial charge in [0.25, 0.3) is 0 Å². The largest absolute Gasteiger partial charge is 0.354 e. The van der Waals surface area contributed by atoms with Gasteiger partial charge in [-0.25, -0.2) is 0 Å². The monoisotopic (exact) mass is 396 g/mol. The summed E-state index contributed by atoms with van der Waals surface area (Å²) < 4.78 is 0. The average Bonchev–Trinajstić information content (AvgIpc) is 2.86. The van der Waals surface area contributed by atoms with Crippen molar-refractivity contribution in [1.29, 1.82) is 0 Å². The number of fused-ring (bicyclic) bond motifs is 5. The van der Waals surface area contributed by atoms with Crippen molar-refractivity contribution >= 4 is 46.3 Å². The van der Waals surface area contributed by atoms with Gasteiger partial charge < -0.3 is 10.6 Å². The Labute approximate surface area is 172 Å². The summed E-state index contributed by atoms with van der Waals surface area (Å²) in [7, 11) is 0. The van der Waals surface area contributed by atoms with Gasteiger partial charge in [-0.3, -0.25) is 0 Å². The first-order valence-corrected chi connectivity index (χ1v) is 10.8. The molecule has 134 valence electrons. The molecular formula is C24H16N2S2. The van der Waals surface area contributed by atoms with Gasteiger partial charge in [-0.05, 0) is 59.7 Å². The molecule has 0 radical (unpaired) electrons. The van der Waals surface area contributed by atoms with Gasteiger partial charge in [0.2, 0.25) is 0 Å². The normalized spacial score (nSPS) is 13.3. The van der Waals surface area contributed by atoms with Crippen LogP contribution in [0.3, 0.4) is 0 Å². The fourth-order valence-corrected chi connectivity index (χ4v) is 5.68. The third-order valence-corrected chi connectivity index (χ3v) is 7.32. The highest BCUT2D eigenvalue weighted by molar-refractivity contribution is 8.00. The highest BCUT2D eigenvalue weighted by Gasteiger charge is 2.20. The van der Waals surface area contributed by atoms with Crippen molar-refractivity contribution in [2.24, 2.45) is 0 Å². The molecule has 0 spiro atoms. The van der Waals surface area contributed by atoms with Crippen molar-refractivity contribution in [2.75, 3.05) is 10.6 Å². The van der Waals surface area contributed by atoms with Crippen LogP contribution in [0.15, 0.2) is 105 Å². The molecule has 2 nitrogen and oxygen atoms in total. The highest BCUT2D eigenvalue weighted by Crippen LogP contribution is 2.49. The highest BCUT2D eigenvalue weighted by atomic mass is 32.2. The molecule has 4 aromatic rings. The Kier molecular flexibility index (Phi) is 3.67. The number of hydrogen-bond acceptors (Lipinski definition) is 4. The SMILES string of the molecule is c1cc2c3cc1-c1ccc(c(c1)S3)N2.c1ccc2c(c1)Nc1ccccc1S2. The summed E-state index contributed by atoms with van der Waals surface area (Å²) in [5, 5.41) is 6.87. The molecule has 0 saturated carbocycles. The zero-order chi connectivity index (χ0) is 18.5. The van der Waals surface area contributed by atoms with Gasteiger partial charge in [0.1, 0.15) is 0 Å². The van der Waals surface area contributed by atoms with Gasteiger partial charge >= 0.3 is 0 Å². The standard InChI is InChI=1S/C12H7NS.C12H9NS/c1-3-9-11-5-7(1)8-2-4-10(13-9)12(6-8)14-11;1-3-7-11-9(5-1)13-10-6-2-4-8-12(10)14-11/h1-6,13H;1-8,13H. The molecule has 4 bridgehead atoms. The molecule has 3 heterocycles. The maximum absolute atomic E-state index is 3.45. The molecule has 0 atom stereocenters. The van der Waals surface area contributed by atoms with Crippen LogP contribution >= 0.6 is 23.5 Å². The van der Waals surface area contributed by atoms with Crippen molar-refractivity contribution in [3.05, 3.63) is 84.9 Å². The summed E-state index contributed by atoms with van der Waals surface area (Å²) in [6, 6.07) is 30.0. The van der Waals surface area contributed by atoms with Gasteiger partial charge in [0.15, 0.2) is 0 Å². The van der Waals surface area contributed by atoms with Crippen molar-refractivity contribution in [1.82, 2.24) is 0 Å². The maximum Gasteiger partial charge on any atom is 0.0526 e. The van der Waals surface area contributed by atoms with Crippen LogP contribution in [0.25, 0.3) is 11.1 Å². The van der Waals surface area contributed by atoms with E-state index in [1.165, 1.54) is 53.5 Å². The maximum atomic E-state index is 3.45. The van der Waals surface area contributed by atoms with E-state index in [1.807, 2.05) is 23.5 Å². The quantitative estimate of drug-likeness (QED) is 0.273. The molecule has 0 unspecified atom stereocenters. The Hall–Kier alpha value is -2.82. The summed E-state index contributed by atoms with van der Waals surface area (Å²) in [5.41, 5.74) is 7.53. The van der Waals surface area contributed by atoms with E-state index in [4.69, 9.17) is 0 Å². The Morgan fingerprint density at radius 2 is 0.857 bits per heavy atom. The molecule has 0 aliphatic carbocycles.